The van der Waals surface area contributed by atoms with Crippen LogP contribution >= 0.6 is 11.8 Å². The lowest BCUT2D eigenvalue weighted by molar-refractivity contribution is 0.512. The predicted octanol–water partition coefficient (Wildman–Crippen LogP) is 4.22. The van der Waals surface area contributed by atoms with Crippen LogP contribution in [-0.2, 0) is 0 Å². The Kier molecular flexibility index (Phi) is 6.65. The van der Waals surface area contributed by atoms with Crippen LogP contribution in [0, 0.1) is 11.6 Å². The van der Waals surface area contributed by atoms with Gasteiger partial charge in [0.25, 0.3) is 0 Å². The molecule has 2 unspecified atom stereocenters. The van der Waals surface area contributed by atoms with Crippen molar-refractivity contribution in [3.8, 4) is 0 Å². The SMILES string of the molecule is CCCNC(C)CC(C)Sc1cc(F)ccc1F. The Morgan fingerprint density at radius 1 is 1.28 bits per heavy atom. The normalized spacial score (nSPS) is 14.5. The maximum atomic E-state index is 13.5. The van der Waals surface area contributed by atoms with Gasteiger partial charge in [-0.3, -0.25) is 0 Å². The first-order valence-corrected chi connectivity index (χ1v) is 7.26. The second-order valence-electron chi connectivity index (χ2n) is 4.59. The Balaban J connectivity index is 2.48. The molecular weight excluding hydrogens is 252 g/mol. The van der Waals surface area contributed by atoms with Crippen LogP contribution in [0.25, 0.3) is 0 Å². The summed E-state index contributed by atoms with van der Waals surface area (Å²) in [6.07, 6.45) is 2.03. The molecule has 0 saturated heterocycles. The average Bonchev–Trinajstić information content (AvgIpc) is 2.31. The van der Waals surface area contributed by atoms with E-state index in [9.17, 15) is 8.78 Å². The van der Waals surface area contributed by atoms with E-state index in [-0.39, 0.29) is 16.9 Å². The van der Waals surface area contributed by atoms with E-state index >= 15 is 0 Å². The first kappa shape index (κ1) is 15.4. The van der Waals surface area contributed by atoms with Crippen molar-refractivity contribution in [1.82, 2.24) is 5.32 Å². The molecule has 0 aliphatic heterocycles. The minimum Gasteiger partial charge on any atom is -0.314 e. The third kappa shape index (κ3) is 5.36. The van der Waals surface area contributed by atoms with Crippen molar-refractivity contribution in [3.05, 3.63) is 29.8 Å². The van der Waals surface area contributed by atoms with Crippen molar-refractivity contribution in [3.63, 3.8) is 0 Å². The molecule has 0 aromatic heterocycles. The van der Waals surface area contributed by atoms with Crippen molar-refractivity contribution in [2.24, 2.45) is 0 Å². The molecule has 1 aromatic carbocycles. The fourth-order valence-electron chi connectivity index (χ4n) is 1.80. The Labute approximate surface area is 112 Å². The fourth-order valence-corrected chi connectivity index (χ4v) is 2.98. The number of hydrogen-bond donors (Lipinski definition) is 1. The summed E-state index contributed by atoms with van der Waals surface area (Å²) in [4.78, 5) is 0.394. The number of rotatable bonds is 7. The maximum Gasteiger partial charge on any atom is 0.136 e. The zero-order valence-corrected chi connectivity index (χ0v) is 12.0. The molecule has 0 aliphatic rings. The van der Waals surface area contributed by atoms with E-state index in [1.54, 1.807) is 0 Å². The summed E-state index contributed by atoms with van der Waals surface area (Å²) in [5.41, 5.74) is 0. The van der Waals surface area contributed by atoms with Gasteiger partial charge in [-0.1, -0.05) is 13.8 Å². The van der Waals surface area contributed by atoms with Crippen molar-refractivity contribution < 1.29 is 8.78 Å². The van der Waals surface area contributed by atoms with Crippen LogP contribution in [0.5, 0.6) is 0 Å². The minimum absolute atomic E-state index is 0.251. The second kappa shape index (κ2) is 7.74. The molecule has 102 valence electrons. The number of nitrogens with one attached hydrogen (secondary N) is 1. The monoisotopic (exact) mass is 273 g/mol. The first-order chi connectivity index (χ1) is 8.52. The van der Waals surface area contributed by atoms with Crippen LogP contribution < -0.4 is 5.32 Å². The van der Waals surface area contributed by atoms with E-state index in [2.05, 4.69) is 19.2 Å². The Morgan fingerprint density at radius 3 is 2.67 bits per heavy atom. The van der Waals surface area contributed by atoms with E-state index in [0.717, 1.165) is 25.5 Å². The molecule has 0 heterocycles. The predicted molar refractivity (Wildman–Crippen MR) is 74.0 cm³/mol. The van der Waals surface area contributed by atoms with Gasteiger partial charge in [-0.15, -0.1) is 11.8 Å². The van der Waals surface area contributed by atoms with Crippen LogP contribution in [-0.4, -0.2) is 17.8 Å². The lowest BCUT2D eigenvalue weighted by Gasteiger charge is -2.18. The summed E-state index contributed by atoms with van der Waals surface area (Å²) in [7, 11) is 0. The fraction of sp³-hybridized carbons (Fsp3) is 0.571. The van der Waals surface area contributed by atoms with Gasteiger partial charge in [0.2, 0.25) is 0 Å². The lowest BCUT2D eigenvalue weighted by Crippen LogP contribution is -2.29. The van der Waals surface area contributed by atoms with Crippen LogP contribution in [0.1, 0.15) is 33.6 Å². The number of thioether (sulfide) groups is 1. The molecule has 0 aliphatic carbocycles. The summed E-state index contributed by atoms with van der Waals surface area (Å²) in [6, 6.07) is 3.99. The Bertz CT molecular complexity index is 371. The third-order valence-electron chi connectivity index (χ3n) is 2.65. The molecule has 0 saturated carbocycles. The number of halogens is 2. The summed E-state index contributed by atoms with van der Waals surface area (Å²) in [6.45, 7) is 7.28. The van der Waals surface area contributed by atoms with Crippen molar-refractivity contribution in [1.29, 1.82) is 0 Å². The molecule has 1 aromatic rings. The zero-order valence-electron chi connectivity index (χ0n) is 11.2. The van der Waals surface area contributed by atoms with E-state index in [1.807, 2.05) is 6.92 Å². The maximum absolute atomic E-state index is 13.5. The number of benzene rings is 1. The summed E-state index contributed by atoms with van der Waals surface area (Å²) in [5.74, 6) is -0.731. The van der Waals surface area contributed by atoms with E-state index < -0.39 is 0 Å². The van der Waals surface area contributed by atoms with Crippen molar-refractivity contribution >= 4 is 11.8 Å². The average molecular weight is 273 g/mol. The molecule has 0 fully saturated rings. The second-order valence-corrected chi connectivity index (χ2v) is 6.07. The molecule has 4 heteroatoms. The highest BCUT2D eigenvalue weighted by atomic mass is 32.2. The van der Waals surface area contributed by atoms with Gasteiger partial charge < -0.3 is 5.32 Å². The third-order valence-corrected chi connectivity index (χ3v) is 3.81. The van der Waals surface area contributed by atoms with Crippen molar-refractivity contribution in [2.75, 3.05) is 6.54 Å². The highest BCUT2D eigenvalue weighted by molar-refractivity contribution is 8.00. The topological polar surface area (TPSA) is 12.0 Å². The van der Waals surface area contributed by atoms with Crippen LogP contribution in [0.15, 0.2) is 23.1 Å². The van der Waals surface area contributed by atoms with Crippen molar-refractivity contribution in [2.45, 2.75) is 49.8 Å². The quantitative estimate of drug-likeness (QED) is 0.746. The van der Waals surface area contributed by atoms with Gasteiger partial charge in [0.15, 0.2) is 0 Å². The van der Waals surface area contributed by atoms with Gasteiger partial charge in [-0.2, -0.15) is 0 Å². The standard InChI is InChI=1S/C14H21F2NS/c1-4-7-17-10(2)8-11(3)18-14-9-12(15)5-6-13(14)16/h5-6,9-11,17H,4,7-8H2,1-3H3. The van der Waals surface area contributed by atoms with Crippen LogP contribution in [0.4, 0.5) is 8.78 Å². The largest absolute Gasteiger partial charge is 0.314 e. The lowest BCUT2D eigenvalue weighted by atomic mass is 10.2. The van der Waals surface area contributed by atoms with E-state index in [1.165, 1.54) is 23.9 Å². The Morgan fingerprint density at radius 2 is 2.00 bits per heavy atom. The highest BCUT2D eigenvalue weighted by Crippen LogP contribution is 2.28. The van der Waals surface area contributed by atoms with Gasteiger partial charge in [-0.25, -0.2) is 8.78 Å². The van der Waals surface area contributed by atoms with E-state index in [0.29, 0.717) is 10.9 Å². The molecule has 0 spiro atoms. The zero-order chi connectivity index (χ0) is 13.5. The number of hydrogen-bond acceptors (Lipinski definition) is 2. The molecule has 2 atom stereocenters. The Hall–Kier alpha value is -0.610. The summed E-state index contributed by atoms with van der Waals surface area (Å²) >= 11 is 1.39. The molecule has 1 N–H and O–H groups in total. The van der Waals surface area contributed by atoms with E-state index in [4.69, 9.17) is 0 Å². The molecule has 0 bridgehead atoms. The highest BCUT2D eigenvalue weighted by Gasteiger charge is 2.12. The van der Waals surface area contributed by atoms with Gasteiger partial charge in [-0.05, 0) is 44.5 Å². The molecule has 18 heavy (non-hydrogen) atoms. The molecule has 0 amide bonds. The smallest absolute Gasteiger partial charge is 0.136 e. The van der Waals surface area contributed by atoms with Crippen LogP contribution in [0.2, 0.25) is 0 Å². The summed E-state index contributed by atoms with van der Waals surface area (Å²) < 4.78 is 26.5. The van der Waals surface area contributed by atoms with Gasteiger partial charge in [0, 0.05) is 16.2 Å². The molecule has 1 nitrogen and oxygen atoms in total. The van der Waals surface area contributed by atoms with Gasteiger partial charge >= 0.3 is 0 Å². The first-order valence-electron chi connectivity index (χ1n) is 6.38. The molecule has 0 radical (unpaired) electrons. The molecule has 1 rings (SSSR count). The molecular formula is C14H21F2NS. The van der Waals surface area contributed by atoms with Gasteiger partial charge in [0.05, 0.1) is 0 Å². The minimum atomic E-state index is -0.386. The van der Waals surface area contributed by atoms with Crippen LogP contribution in [0.3, 0.4) is 0 Å². The summed E-state index contributed by atoms with van der Waals surface area (Å²) in [5, 5.41) is 3.64. The van der Waals surface area contributed by atoms with Gasteiger partial charge in [0.1, 0.15) is 11.6 Å².